The SMILES string of the molecule is CCNC(C)c1ccc2c(c1)CCCN2CC1CC1. The third kappa shape index (κ3) is 2.94. The molecule has 19 heavy (non-hydrogen) atoms. The van der Waals surface area contributed by atoms with Crippen LogP contribution in [0.5, 0.6) is 0 Å². The van der Waals surface area contributed by atoms with E-state index in [1.807, 2.05) is 0 Å². The van der Waals surface area contributed by atoms with Crippen LogP contribution in [-0.2, 0) is 6.42 Å². The van der Waals surface area contributed by atoms with Gasteiger partial charge in [-0.3, -0.25) is 0 Å². The van der Waals surface area contributed by atoms with Crippen LogP contribution in [-0.4, -0.2) is 19.6 Å². The highest BCUT2D eigenvalue weighted by molar-refractivity contribution is 5.57. The van der Waals surface area contributed by atoms with E-state index in [1.54, 1.807) is 5.56 Å². The quantitative estimate of drug-likeness (QED) is 0.869. The highest BCUT2D eigenvalue weighted by Crippen LogP contribution is 2.35. The van der Waals surface area contributed by atoms with Crippen LogP contribution in [0.3, 0.4) is 0 Å². The zero-order valence-corrected chi connectivity index (χ0v) is 12.3. The Bertz CT molecular complexity index is 437. The van der Waals surface area contributed by atoms with Crippen molar-refractivity contribution in [3.8, 4) is 0 Å². The first-order chi connectivity index (χ1) is 9.28. The molecule has 104 valence electrons. The van der Waals surface area contributed by atoms with Crippen molar-refractivity contribution in [2.24, 2.45) is 5.92 Å². The zero-order valence-electron chi connectivity index (χ0n) is 12.3. The molecule has 0 aromatic heterocycles. The lowest BCUT2D eigenvalue weighted by Crippen LogP contribution is -2.31. The maximum absolute atomic E-state index is 3.51. The van der Waals surface area contributed by atoms with Gasteiger partial charge in [0.15, 0.2) is 0 Å². The minimum Gasteiger partial charge on any atom is -0.371 e. The van der Waals surface area contributed by atoms with Gasteiger partial charge in [-0.2, -0.15) is 0 Å². The molecular formula is C17H26N2. The van der Waals surface area contributed by atoms with Crippen molar-refractivity contribution in [3.63, 3.8) is 0 Å². The van der Waals surface area contributed by atoms with Crippen molar-refractivity contribution >= 4 is 5.69 Å². The zero-order chi connectivity index (χ0) is 13.2. The Kier molecular flexibility index (Phi) is 3.79. The van der Waals surface area contributed by atoms with Crippen LogP contribution in [0.2, 0.25) is 0 Å². The Labute approximate surface area is 117 Å². The first kappa shape index (κ1) is 13.0. The van der Waals surface area contributed by atoms with Crippen molar-refractivity contribution in [1.82, 2.24) is 5.32 Å². The lowest BCUT2D eigenvalue weighted by molar-refractivity contribution is 0.595. The minimum atomic E-state index is 0.467. The molecular weight excluding hydrogens is 232 g/mol. The molecule has 1 aromatic rings. The predicted octanol–water partition coefficient (Wildman–Crippen LogP) is 3.52. The lowest BCUT2D eigenvalue weighted by Gasteiger charge is -2.32. The number of aryl methyl sites for hydroxylation is 1. The number of rotatable bonds is 5. The van der Waals surface area contributed by atoms with Crippen molar-refractivity contribution in [2.75, 3.05) is 24.5 Å². The monoisotopic (exact) mass is 258 g/mol. The van der Waals surface area contributed by atoms with Crippen LogP contribution in [0.4, 0.5) is 5.69 Å². The molecule has 1 saturated carbocycles. The fraction of sp³-hybridized carbons (Fsp3) is 0.647. The number of nitrogens with one attached hydrogen (secondary N) is 1. The number of anilines is 1. The van der Waals surface area contributed by atoms with Crippen LogP contribution in [0.25, 0.3) is 0 Å². The summed E-state index contributed by atoms with van der Waals surface area (Å²) in [6.45, 7) is 8.01. The smallest absolute Gasteiger partial charge is 0.0399 e. The molecule has 1 atom stereocenters. The Balaban J connectivity index is 1.79. The summed E-state index contributed by atoms with van der Waals surface area (Å²) in [5.41, 5.74) is 4.51. The minimum absolute atomic E-state index is 0.467. The molecule has 0 amide bonds. The van der Waals surface area contributed by atoms with Crippen molar-refractivity contribution in [2.45, 2.75) is 45.6 Å². The maximum atomic E-state index is 3.51. The topological polar surface area (TPSA) is 15.3 Å². The standard InChI is InChI=1S/C17H26N2/c1-3-18-13(2)15-8-9-17-16(11-15)5-4-10-19(17)12-14-6-7-14/h8-9,11,13-14,18H,3-7,10,12H2,1-2H3. The second-order valence-electron chi connectivity index (χ2n) is 6.16. The molecule has 0 bridgehead atoms. The maximum Gasteiger partial charge on any atom is 0.0399 e. The Hall–Kier alpha value is -1.02. The molecule has 2 aliphatic rings. The van der Waals surface area contributed by atoms with Gasteiger partial charge in [-0.1, -0.05) is 19.1 Å². The summed E-state index contributed by atoms with van der Waals surface area (Å²) in [4.78, 5) is 2.62. The van der Waals surface area contributed by atoms with E-state index < -0.39 is 0 Å². The van der Waals surface area contributed by atoms with Crippen molar-refractivity contribution in [1.29, 1.82) is 0 Å². The van der Waals surface area contributed by atoms with Crippen LogP contribution in [0.15, 0.2) is 18.2 Å². The third-order valence-corrected chi connectivity index (χ3v) is 4.50. The van der Waals surface area contributed by atoms with Gasteiger partial charge in [-0.25, -0.2) is 0 Å². The summed E-state index contributed by atoms with van der Waals surface area (Å²) in [5.74, 6) is 0.978. The largest absolute Gasteiger partial charge is 0.371 e. The number of hydrogen-bond acceptors (Lipinski definition) is 2. The molecule has 2 heteroatoms. The van der Waals surface area contributed by atoms with Gasteiger partial charge < -0.3 is 10.2 Å². The van der Waals surface area contributed by atoms with Crippen LogP contribution >= 0.6 is 0 Å². The molecule has 0 saturated heterocycles. The van der Waals surface area contributed by atoms with E-state index in [0.717, 1.165) is 12.5 Å². The number of hydrogen-bond donors (Lipinski definition) is 1. The predicted molar refractivity (Wildman–Crippen MR) is 81.8 cm³/mol. The van der Waals surface area contributed by atoms with E-state index in [0.29, 0.717) is 6.04 Å². The first-order valence-corrected chi connectivity index (χ1v) is 7.89. The van der Waals surface area contributed by atoms with Gasteiger partial charge in [0, 0.05) is 24.8 Å². The van der Waals surface area contributed by atoms with Crippen molar-refractivity contribution < 1.29 is 0 Å². The van der Waals surface area contributed by atoms with Crippen LogP contribution < -0.4 is 10.2 Å². The van der Waals surface area contributed by atoms with Crippen molar-refractivity contribution in [3.05, 3.63) is 29.3 Å². The van der Waals surface area contributed by atoms with Crippen LogP contribution in [0.1, 0.15) is 50.3 Å². The molecule has 1 aromatic carbocycles. The van der Waals surface area contributed by atoms with E-state index in [2.05, 4.69) is 42.3 Å². The fourth-order valence-corrected chi connectivity index (χ4v) is 3.19. The molecule has 1 aliphatic carbocycles. The summed E-state index contributed by atoms with van der Waals surface area (Å²) < 4.78 is 0. The van der Waals surface area contributed by atoms with Gasteiger partial charge >= 0.3 is 0 Å². The second-order valence-corrected chi connectivity index (χ2v) is 6.16. The summed E-state index contributed by atoms with van der Waals surface area (Å²) in [5, 5.41) is 3.51. The molecule has 1 aliphatic heterocycles. The van der Waals surface area contributed by atoms with E-state index in [4.69, 9.17) is 0 Å². The van der Waals surface area contributed by atoms with Gasteiger partial charge in [-0.15, -0.1) is 0 Å². The molecule has 1 heterocycles. The average Bonchev–Trinajstić information content (AvgIpc) is 3.23. The summed E-state index contributed by atoms with van der Waals surface area (Å²) in [6, 6.07) is 7.58. The lowest BCUT2D eigenvalue weighted by atomic mass is 9.96. The Morgan fingerprint density at radius 3 is 2.95 bits per heavy atom. The second kappa shape index (κ2) is 5.54. The van der Waals surface area contributed by atoms with Gasteiger partial charge in [-0.05, 0) is 62.3 Å². The Morgan fingerprint density at radius 2 is 2.21 bits per heavy atom. The molecule has 1 N–H and O–H groups in total. The normalized spacial score (nSPS) is 20.2. The number of benzene rings is 1. The van der Waals surface area contributed by atoms with E-state index in [-0.39, 0.29) is 0 Å². The summed E-state index contributed by atoms with van der Waals surface area (Å²) >= 11 is 0. The summed E-state index contributed by atoms with van der Waals surface area (Å²) in [6.07, 6.45) is 5.46. The van der Waals surface area contributed by atoms with E-state index in [1.165, 1.54) is 50.0 Å². The molecule has 3 rings (SSSR count). The molecule has 1 unspecified atom stereocenters. The Morgan fingerprint density at radius 1 is 1.37 bits per heavy atom. The molecule has 0 spiro atoms. The third-order valence-electron chi connectivity index (χ3n) is 4.50. The molecule has 0 radical (unpaired) electrons. The summed E-state index contributed by atoms with van der Waals surface area (Å²) in [7, 11) is 0. The first-order valence-electron chi connectivity index (χ1n) is 7.89. The number of fused-ring (bicyclic) bond motifs is 1. The number of nitrogens with zero attached hydrogens (tertiary/aromatic N) is 1. The highest BCUT2D eigenvalue weighted by Gasteiger charge is 2.26. The van der Waals surface area contributed by atoms with Gasteiger partial charge in [0.2, 0.25) is 0 Å². The van der Waals surface area contributed by atoms with E-state index >= 15 is 0 Å². The average molecular weight is 258 g/mol. The van der Waals surface area contributed by atoms with Gasteiger partial charge in [0.1, 0.15) is 0 Å². The van der Waals surface area contributed by atoms with Gasteiger partial charge in [0.25, 0.3) is 0 Å². The van der Waals surface area contributed by atoms with Gasteiger partial charge in [0.05, 0.1) is 0 Å². The van der Waals surface area contributed by atoms with E-state index in [9.17, 15) is 0 Å². The molecule has 2 nitrogen and oxygen atoms in total. The van der Waals surface area contributed by atoms with Crippen LogP contribution in [0, 0.1) is 5.92 Å². The highest BCUT2D eigenvalue weighted by atomic mass is 15.1. The molecule has 1 fully saturated rings. The fourth-order valence-electron chi connectivity index (χ4n) is 3.19.